The Morgan fingerprint density at radius 1 is 0.980 bits per heavy atom. The number of nitrogens with zero attached hydrogens (tertiary/aromatic N) is 2. The molecule has 10 heteroatoms. The Hall–Kier alpha value is -3.63. The second-order valence-corrected chi connectivity index (χ2v) is 17.2. The van der Waals surface area contributed by atoms with Gasteiger partial charge in [0, 0.05) is 40.2 Å². The number of nitrogens with one attached hydrogen (secondary N) is 1. The molecule has 4 heterocycles. The van der Waals surface area contributed by atoms with Crippen molar-refractivity contribution in [2.75, 3.05) is 20.3 Å². The van der Waals surface area contributed by atoms with Gasteiger partial charge in [0.2, 0.25) is 15.9 Å². The molecule has 1 N–H and O–H groups in total. The Morgan fingerprint density at radius 3 is 2.55 bits per heavy atom. The average Bonchev–Trinajstić information content (AvgIpc) is 3.42. The number of rotatable bonds is 6. The highest BCUT2D eigenvalue weighted by Gasteiger charge is 2.65. The maximum atomic E-state index is 15.0. The molecule has 2 aromatic carbocycles. The molecule has 3 atom stereocenters. The van der Waals surface area contributed by atoms with Gasteiger partial charge in [-0.15, -0.1) is 0 Å². The smallest absolute Gasteiger partial charge is 0.264 e. The summed E-state index contributed by atoms with van der Waals surface area (Å²) in [7, 11) is -2.08. The van der Waals surface area contributed by atoms with Gasteiger partial charge in [-0.05, 0) is 92.3 Å². The third-order valence-electron chi connectivity index (χ3n) is 12.5. The normalized spacial score (nSPS) is 26.7. The summed E-state index contributed by atoms with van der Waals surface area (Å²) in [5, 5.41) is 0.565. The first kappa shape index (κ1) is 31.4. The van der Waals surface area contributed by atoms with Crippen LogP contribution in [0.1, 0.15) is 110 Å². The van der Waals surface area contributed by atoms with Crippen molar-refractivity contribution in [2.24, 2.45) is 5.41 Å². The minimum atomic E-state index is -3.77. The number of methoxy groups -OCH3 is 1. The fraction of sp³-hybridized carbons (Fsp3) is 0.538. The van der Waals surface area contributed by atoms with Crippen LogP contribution in [0.4, 0.5) is 0 Å². The number of sulfonamides is 1. The second kappa shape index (κ2) is 11.7. The van der Waals surface area contributed by atoms with Crippen LogP contribution in [-0.2, 0) is 26.1 Å². The number of hydrogen-bond donors (Lipinski definition) is 1. The number of aromatic nitrogens is 1. The van der Waals surface area contributed by atoms with Gasteiger partial charge >= 0.3 is 0 Å². The van der Waals surface area contributed by atoms with E-state index in [1.807, 2.05) is 18.2 Å². The standard InChI is InChI=1S/C39H45N3O6S/c1-47-28-15-17-30-32(19-28)33-20-39(33,38(44)42-26-10-7-11-27(42)22-48-21-26)23-41-34-18-25(37(43)40-49(45,46)29-12-5-6-13-29)14-16-31(34)35(36(30)41)24-8-3-2-4-9-24/h10,14-19,24,27,29,33H,2-9,11-13,20-23H2,1H3,(H,40,43). The average molecular weight is 684 g/mol. The summed E-state index contributed by atoms with van der Waals surface area (Å²) in [6, 6.07) is 12.0. The van der Waals surface area contributed by atoms with Gasteiger partial charge in [-0.3, -0.25) is 9.59 Å². The predicted octanol–water partition coefficient (Wildman–Crippen LogP) is 6.76. The maximum absolute atomic E-state index is 15.0. The van der Waals surface area contributed by atoms with Crippen molar-refractivity contribution < 1.29 is 27.5 Å². The Kier molecular flexibility index (Phi) is 7.50. The number of hydrogen-bond acceptors (Lipinski definition) is 6. The number of carbonyl (C=O) groups excluding carboxylic acids is 2. The molecule has 3 aliphatic carbocycles. The zero-order valence-electron chi connectivity index (χ0n) is 28.2. The Balaban J connectivity index is 1.22. The van der Waals surface area contributed by atoms with E-state index >= 15 is 4.79 Å². The number of benzene rings is 2. The summed E-state index contributed by atoms with van der Waals surface area (Å²) in [5.74, 6) is 0.742. The molecule has 0 spiro atoms. The molecule has 2 bridgehead atoms. The van der Waals surface area contributed by atoms with Crippen LogP contribution in [0, 0.1) is 5.41 Å². The van der Waals surface area contributed by atoms with E-state index in [9.17, 15) is 13.2 Å². The molecule has 9 rings (SSSR count). The molecular weight excluding hydrogens is 639 g/mol. The fourth-order valence-corrected chi connectivity index (χ4v) is 11.4. The fourth-order valence-electron chi connectivity index (χ4n) is 9.92. The van der Waals surface area contributed by atoms with E-state index in [0.29, 0.717) is 44.1 Å². The highest BCUT2D eigenvalue weighted by molar-refractivity contribution is 7.90. The van der Waals surface area contributed by atoms with Crippen LogP contribution < -0.4 is 9.46 Å². The van der Waals surface area contributed by atoms with Crippen LogP contribution in [0.3, 0.4) is 0 Å². The van der Waals surface area contributed by atoms with Gasteiger partial charge in [0.15, 0.2) is 0 Å². The lowest BCUT2D eigenvalue weighted by Crippen LogP contribution is -2.52. The minimum absolute atomic E-state index is 0.0338. The summed E-state index contributed by atoms with van der Waals surface area (Å²) in [6.07, 6.45) is 13.4. The summed E-state index contributed by atoms with van der Waals surface area (Å²) < 4.78 is 42.7. The molecule has 3 aliphatic heterocycles. The first-order chi connectivity index (χ1) is 23.8. The van der Waals surface area contributed by atoms with E-state index in [2.05, 4.69) is 32.4 Å². The van der Waals surface area contributed by atoms with Crippen LogP contribution >= 0.6 is 0 Å². The molecule has 6 aliphatic rings. The van der Waals surface area contributed by atoms with E-state index < -0.39 is 26.6 Å². The molecule has 3 aromatic rings. The maximum Gasteiger partial charge on any atom is 0.264 e. The van der Waals surface area contributed by atoms with Crippen LogP contribution in [0.2, 0.25) is 0 Å². The lowest BCUT2D eigenvalue weighted by atomic mass is 9.81. The summed E-state index contributed by atoms with van der Waals surface area (Å²) in [4.78, 5) is 30.7. The number of carbonyl (C=O) groups is 2. The minimum Gasteiger partial charge on any atom is -0.497 e. The topological polar surface area (TPSA) is 107 Å². The van der Waals surface area contributed by atoms with Gasteiger partial charge in [0.05, 0.1) is 42.7 Å². The van der Waals surface area contributed by atoms with Crippen molar-refractivity contribution in [3.05, 3.63) is 64.9 Å². The van der Waals surface area contributed by atoms with E-state index in [-0.39, 0.29) is 17.9 Å². The van der Waals surface area contributed by atoms with Crippen LogP contribution in [-0.4, -0.2) is 61.3 Å². The number of amides is 2. The highest BCUT2D eigenvalue weighted by atomic mass is 32.2. The molecule has 3 unspecified atom stereocenters. The summed E-state index contributed by atoms with van der Waals surface area (Å²) >= 11 is 0. The summed E-state index contributed by atoms with van der Waals surface area (Å²) in [6.45, 7) is 1.51. The predicted molar refractivity (Wildman–Crippen MR) is 187 cm³/mol. The molecule has 2 amide bonds. The molecule has 9 nitrogen and oxygen atoms in total. The molecular formula is C39H45N3O6S. The molecule has 49 heavy (non-hydrogen) atoms. The zero-order chi connectivity index (χ0) is 33.5. The lowest BCUT2D eigenvalue weighted by Gasteiger charge is -2.42. The van der Waals surface area contributed by atoms with E-state index in [0.717, 1.165) is 84.1 Å². The molecule has 4 fully saturated rings. The second-order valence-electron chi connectivity index (χ2n) is 15.3. The van der Waals surface area contributed by atoms with Gasteiger partial charge in [0.25, 0.3) is 5.91 Å². The number of morpholine rings is 1. The Morgan fingerprint density at radius 2 is 1.78 bits per heavy atom. The van der Waals surface area contributed by atoms with Gasteiger partial charge in [-0.25, -0.2) is 13.1 Å². The van der Waals surface area contributed by atoms with Crippen molar-refractivity contribution in [2.45, 2.75) is 107 Å². The molecule has 3 saturated carbocycles. The van der Waals surface area contributed by atoms with Crippen molar-refractivity contribution in [3.8, 4) is 17.0 Å². The SMILES string of the molecule is COc1ccc2c(c1)C1CC1(C(=O)N1C3=CCCC1COC3)Cn1c-2c(C2CCCCC2)c2ccc(C(=O)NS(=O)(=O)C3CCCC3)cc21. The van der Waals surface area contributed by atoms with E-state index in [4.69, 9.17) is 9.47 Å². The third-order valence-corrected chi connectivity index (χ3v) is 14.3. The van der Waals surface area contributed by atoms with Crippen molar-refractivity contribution >= 4 is 32.7 Å². The van der Waals surface area contributed by atoms with Crippen LogP contribution in [0.5, 0.6) is 5.75 Å². The van der Waals surface area contributed by atoms with Gasteiger partial charge in [-0.2, -0.15) is 0 Å². The van der Waals surface area contributed by atoms with E-state index in [1.165, 1.54) is 24.8 Å². The van der Waals surface area contributed by atoms with Crippen LogP contribution in [0.15, 0.2) is 48.2 Å². The number of ether oxygens (including phenoxy) is 2. The largest absolute Gasteiger partial charge is 0.497 e. The van der Waals surface area contributed by atoms with Crippen LogP contribution in [0.25, 0.3) is 22.2 Å². The van der Waals surface area contributed by atoms with Crippen molar-refractivity contribution in [1.29, 1.82) is 0 Å². The first-order valence-electron chi connectivity index (χ1n) is 18.3. The lowest BCUT2D eigenvalue weighted by molar-refractivity contribution is -0.143. The van der Waals surface area contributed by atoms with Gasteiger partial charge in [0.1, 0.15) is 5.75 Å². The highest BCUT2D eigenvalue weighted by Crippen LogP contribution is 2.66. The zero-order valence-corrected chi connectivity index (χ0v) is 29.0. The van der Waals surface area contributed by atoms with Crippen molar-refractivity contribution in [3.63, 3.8) is 0 Å². The molecule has 1 aromatic heterocycles. The molecule has 0 radical (unpaired) electrons. The summed E-state index contributed by atoms with van der Waals surface area (Å²) in [5.41, 5.74) is 6.25. The third kappa shape index (κ3) is 4.99. The van der Waals surface area contributed by atoms with Gasteiger partial charge in [-0.1, -0.05) is 44.2 Å². The molecule has 258 valence electrons. The van der Waals surface area contributed by atoms with E-state index in [1.54, 1.807) is 13.2 Å². The Bertz CT molecular complexity index is 2000. The monoisotopic (exact) mass is 683 g/mol. The molecule has 1 saturated heterocycles. The van der Waals surface area contributed by atoms with Crippen molar-refractivity contribution in [1.82, 2.24) is 14.2 Å². The Labute approximate surface area is 288 Å². The number of fused-ring (bicyclic) bond motifs is 9. The van der Waals surface area contributed by atoms with Gasteiger partial charge < -0.3 is 18.9 Å². The quantitative estimate of drug-likeness (QED) is 0.308. The number of allylic oxidation sites excluding steroid dienone is 1. The first-order valence-corrected chi connectivity index (χ1v) is 19.8.